The fraction of sp³-hybridized carbons (Fsp3) is 0.606. The van der Waals surface area contributed by atoms with Gasteiger partial charge in [0.1, 0.15) is 12.5 Å². The summed E-state index contributed by atoms with van der Waals surface area (Å²) in [4.78, 5) is 15.8. The van der Waals surface area contributed by atoms with Crippen LogP contribution >= 0.6 is 0 Å². The van der Waals surface area contributed by atoms with Crippen molar-refractivity contribution in [2.45, 2.75) is 95.9 Å². The molecule has 2 aliphatic rings. The second-order valence-electron chi connectivity index (χ2n) is 11.6. The lowest BCUT2D eigenvalue weighted by Gasteiger charge is -2.44. The molecule has 1 N–H and O–H groups in total. The highest BCUT2D eigenvalue weighted by molar-refractivity contribution is 5.53. The third-order valence-corrected chi connectivity index (χ3v) is 8.98. The number of nitrogens with zero attached hydrogens (tertiary/aromatic N) is 2. The number of carbonyl (C=O) groups is 1. The Morgan fingerprint density at radius 3 is 2.76 bits per heavy atom. The Balaban J connectivity index is 1.69. The molecule has 1 aromatic carbocycles. The van der Waals surface area contributed by atoms with Gasteiger partial charge >= 0.3 is 0 Å². The molecule has 2 fully saturated rings. The molecule has 5 unspecified atom stereocenters. The number of nitrogens with one attached hydrogen (secondary N) is 1. The lowest BCUT2D eigenvalue weighted by molar-refractivity contribution is -0.108. The molecule has 0 spiro atoms. The minimum Gasteiger partial charge on any atom is -0.391 e. The maximum Gasteiger partial charge on any atom is 0.120 e. The summed E-state index contributed by atoms with van der Waals surface area (Å²) in [6.07, 6.45) is 11.5. The highest BCUT2D eigenvalue weighted by Gasteiger charge is 2.34. The minimum atomic E-state index is -0.681. The van der Waals surface area contributed by atoms with Crippen LogP contribution in [-0.4, -0.2) is 55.0 Å². The molecule has 1 heterocycles. The Hall–Kier alpha value is -2.40. The van der Waals surface area contributed by atoms with Gasteiger partial charge in [-0.05, 0) is 87.4 Å². The van der Waals surface area contributed by atoms with Gasteiger partial charge in [-0.2, -0.15) is 0 Å². The van der Waals surface area contributed by atoms with Gasteiger partial charge in [-0.1, -0.05) is 50.9 Å². The summed E-state index contributed by atoms with van der Waals surface area (Å²) >= 11 is 0. The predicted octanol–water partition coefficient (Wildman–Crippen LogP) is 6.92. The Morgan fingerprint density at radius 1 is 1.26 bits per heavy atom. The minimum absolute atomic E-state index is 0.0828. The van der Waals surface area contributed by atoms with Crippen molar-refractivity contribution >= 4 is 12.4 Å². The lowest BCUT2D eigenvalue weighted by Crippen LogP contribution is -2.42. The third-order valence-electron chi connectivity index (χ3n) is 8.98. The number of likely N-dealkylation sites (tertiary alicyclic amines) is 1. The van der Waals surface area contributed by atoms with Crippen molar-refractivity contribution in [1.29, 1.82) is 0 Å². The first kappa shape index (κ1) is 30.1. The molecule has 1 saturated heterocycles. The van der Waals surface area contributed by atoms with E-state index in [9.17, 15) is 9.18 Å². The van der Waals surface area contributed by atoms with Crippen molar-refractivity contribution in [3.05, 3.63) is 66.0 Å². The number of carbonyl (C=O) groups excluding carboxylic acids is 1. The van der Waals surface area contributed by atoms with Crippen molar-refractivity contribution in [3.8, 4) is 0 Å². The molecule has 210 valence electrons. The standard InChI is InChI=1S/C33H50FN3O/c1-7-28-16-14-27(21-29(28)23-36(6)33(12-10-20-38)25(3)35-5)15-18-31-11-8-9-19-37(31)26(4)32-22-30(34)17-13-24(32)2/h7,14,16,20-21,24,30-33,35H,1,3-4,8-13,15,17-19,22-23H2,2,5-6H3. The molecule has 38 heavy (non-hydrogen) atoms. The zero-order valence-electron chi connectivity index (χ0n) is 24.1. The van der Waals surface area contributed by atoms with Crippen molar-refractivity contribution < 1.29 is 9.18 Å². The van der Waals surface area contributed by atoms with Crippen LogP contribution in [-0.2, 0) is 17.8 Å². The molecule has 0 bridgehead atoms. The molecule has 1 aliphatic carbocycles. The summed E-state index contributed by atoms with van der Waals surface area (Å²) in [6, 6.07) is 7.29. The number of likely N-dealkylation sites (N-methyl/N-ethyl adjacent to an activating group) is 2. The van der Waals surface area contributed by atoms with E-state index < -0.39 is 6.17 Å². The second-order valence-corrected chi connectivity index (χ2v) is 11.6. The topological polar surface area (TPSA) is 35.6 Å². The van der Waals surface area contributed by atoms with Crippen molar-refractivity contribution in [2.24, 2.45) is 11.8 Å². The van der Waals surface area contributed by atoms with Crippen LogP contribution < -0.4 is 5.32 Å². The lowest BCUT2D eigenvalue weighted by atomic mass is 9.77. The molecule has 3 rings (SSSR count). The number of allylic oxidation sites excluding steroid dienone is 1. The van der Waals surface area contributed by atoms with E-state index in [1.807, 2.05) is 13.1 Å². The number of halogens is 1. The van der Waals surface area contributed by atoms with Gasteiger partial charge in [0.2, 0.25) is 0 Å². The van der Waals surface area contributed by atoms with Crippen molar-refractivity contribution in [2.75, 3.05) is 20.6 Å². The number of piperidine rings is 1. The van der Waals surface area contributed by atoms with Crippen molar-refractivity contribution in [1.82, 2.24) is 15.1 Å². The van der Waals surface area contributed by atoms with E-state index in [-0.39, 0.29) is 12.0 Å². The molecule has 4 nitrogen and oxygen atoms in total. The van der Waals surface area contributed by atoms with Gasteiger partial charge in [0.25, 0.3) is 0 Å². The van der Waals surface area contributed by atoms with Gasteiger partial charge in [-0.3, -0.25) is 4.90 Å². The quantitative estimate of drug-likeness (QED) is 0.269. The van der Waals surface area contributed by atoms with Crippen LogP contribution in [0.2, 0.25) is 0 Å². The second kappa shape index (κ2) is 14.7. The molecule has 0 amide bonds. The molecular formula is C33H50FN3O. The number of aldehydes is 1. The van der Waals surface area contributed by atoms with Crippen LogP contribution in [0.1, 0.15) is 81.4 Å². The average Bonchev–Trinajstić information content (AvgIpc) is 2.93. The molecule has 5 atom stereocenters. The molecule has 0 aromatic heterocycles. The van der Waals surface area contributed by atoms with Crippen LogP contribution in [0.15, 0.2) is 49.3 Å². The summed E-state index contributed by atoms with van der Waals surface area (Å²) in [5, 5.41) is 3.17. The number of hydrogen-bond acceptors (Lipinski definition) is 4. The molecule has 0 radical (unpaired) electrons. The summed E-state index contributed by atoms with van der Waals surface area (Å²) in [5.41, 5.74) is 5.83. The highest BCUT2D eigenvalue weighted by Crippen LogP contribution is 2.39. The van der Waals surface area contributed by atoms with Gasteiger partial charge in [-0.15, -0.1) is 0 Å². The number of hydrogen-bond donors (Lipinski definition) is 1. The predicted molar refractivity (Wildman–Crippen MR) is 158 cm³/mol. The first-order valence-electron chi connectivity index (χ1n) is 14.6. The fourth-order valence-electron chi connectivity index (χ4n) is 6.54. The van der Waals surface area contributed by atoms with Gasteiger partial charge in [-0.25, -0.2) is 4.39 Å². The van der Waals surface area contributed by atoms with Gasteiger partial charge in [0.05, 0.1) is 0 Å². The van der Waals surface area contributed by atoms with E-state index in [2.05, 4.69) is 67.0 Å². The smallest absolute Gasteiger partial charge is 0.120 e. The maximum absolute atomic E-state index is 14.3. The molecular weight excluding hydrogens is 473 g/mol. The first-order chi connectivity index (χ1) is 18.3. The van der Waals surface area contributed by atoms with Crippen LogP contribution in [0.25, 0.3) is 6.08 Å². The average molecular weight is 524 g/mol. The normalized spacial score (nSPS) is 24.6. The highest BCUT2D eigenvalue weighted by atomic mass is 19.1. The van der Waals surface area contributed by atoms with Crippen LogP contribution in [0.4, 0.5) is 4.39 Å². The van der Waals surface area contributed by atoms with E-state index in [0.717, 1.165) is 56.3 Å². The van der Waals surface area contributed by atoms with E-state index in [1.165, 1.54) is 36.1 Å². The Labute approximate surface area is 231 Å². The number of alkyl halides is 1. The zero-order valence-corrected chi connectivity index (χ0v) is 24.1. The van der Waals surface area contributed by atoms with Crippen LogP contribution in [0, 0.1) is 11.8 Å². The maximum atomic E-state index is 14.3. The molecule has 1 saturated carbocycles. The Kier molecular flexibility index (Phi) is 11.6. The number of rotatable bonds is 14. The Bertz CT molecular complexity index is 960. The van der Waals surface area contributed by atoms with Crippen LogP contribution in [0.3, 0.4) is 0 Å². The number of aryl methyl sites for hydroxylation is 1. The van der Waals surface area contributed by atoms with E-state index in [4.69, 9.17) is 0 Å². The Morgan fingerprint density at radius 2 is 2.05 bits per heavy atom. The molecule has 1 aromatic rings. The van der Waals surface area contributed by atoms with E-state index in [1.54, 1.807) is 0 Å². The van der Waals surface area contributed by atoms with Crippen LogP contribution in [0.5, 0.6) is 0 Å². The summed E-state index contributed by atoms with van der Waals surface area (Å²) in [6.45, 7) is 16.8. The van der Waals surface area contributed by atoms with E-state index >= 15 is 0 Å². The fourth-order valence-corrected chi connectivity index (χ4v) is 6.54. The monoisotopic (exact) mass is 523 g/mol. The molecule has 5 heteroatoms. The third kappa shape index (κ3) is 7.81. The van der Waals surface area contributed by atoms with Gasteiger partial charge in [0, 0.05) is 56.0 Å². The summed E-state index contributed by atoms with van der Waals surface area (Å²) in [7, 11) is 3.98. The van der Waals surface area contributed by atoms with Crippen molar-refractivity contribution in [3.63, 3.8) is 0 Å². The SMILES string of the molecule is C=Cc1ccc(CCC2CCCCN2C(=C)C2CC(F)CCC2C)cc1CN(C)C(CCC=O)C(=C)NC. The largest absolute Gasteiger partial charge is 0.391 e. The molecule has 1 aliphatic heterocycles. The van der Waals surface area contributed by atoms with Gasteiger partial charge in [0.15, 0.2) is 0 Å². The summed E-state index contributed by atoms with van der Waals surface area (Å²) < 4.78 is 14.3. The zero-order chi connectivity index (χ0) is 27.7. The number of benzene rings is 1. The summed E-state index contributed by atoms with van der Waals surface area (Å²) in [5.74, 6) is 0.783. The first-order valence-corrected chi connectivity index (χ1v) is 14.6. The van der Waals surface area contributed by atoms with E-state index in [0.29, 0.717) is 31.2 Å². The van der Waals surface area contributed by atoms with Gasteiger partial charge < -0.3 is 15.0 Å².